The summed E-state index contributed by atoms with van der Waals surface area (Å²) in [6.45, 7) is 2.40. The number of methoxy groups -OCH3 is 2. The van der Waals surface area contributed by atoms with Gasteiger partial charge in [-0.05, 0) is 55.5 Å². The summed E-state index contributed by atoms with van der Waals surface area (Å²) < 4.78 is 17.4. The van der Waals surface area contributed by atoms with Crippen molar-refractivity contribution >= 4 is 44.4 Å². The van der Waals surface area contributed by atoms with Crippen LogP contribution >= 0.6 is 23.1 Å². The number of hydrogen-bond acceptors (Lipinski definition) is 7. The average Bonchev–Trinajstić information content (AvgIpc) is 3.50. The van der Waals surface area contributed by atoms with Gasteiger partial charge in [-0.1, -0.05) is 29.0 Å². The van der Waals surface area contributed by atoms with E-state index in [-0.39, 0.29) is 5.91 Å². The SMILES string of the molecule is COc1ccc(OC)c2sc(N(Cc3ccco3)C(=O)CCCSc3ccc(C)cc3)nc12. The number of fused-ring (bicyclic) bond motifs is 1. The largest absolute Gasteiger partial charge is 0.495 e. The number of benzene rings is 2. The molecule has 0 aliphatic rings. The first-order valence-corrected chi connectivity index (χ1v) is 12.4. The number of rotatable bonds is 10. The van der Waals surface area contributed by atoms with Crippen molar-refractivity contribution in [2.45, 2.75) is 31.2 Å². The number of hydrogen-bond donors (Lipinski definition) is 0. The molecule has 33 heavy (non-hydrogen) atoms. The third kappa shape index (κ3) is 5.51. The Morgan fingerprint density at radius 1 is 1.09 bits per heavy atom. The fourth-order valence-corrected chi connectivity index (χ4v) is 5.34. The summed E-state index contributed by atoms with van der Waals surface area (Å²) >= 11 is 3.18. The first-order valence-electron chi connectivity index (χ1n) is 10.6. The van der Waals surface area contributed by atoms with Crippen LogP contribution in [0.2, 0.25) is 0 Å². The molecule has 0 aliphatic heterocycles. The highest BCUT2D eigenvalue weighted by Crippen LogP contribution is 2.40. The number of aromatic nitrogens is 1. The molecular weight excluding hydrogens is 456 g/mol. The van der Waals surface area contributed by atoms with Crippen LogP contribution in [0.5, 0.6) is 11.5 Å². The molecule has 1 amide bonds. The summed E-state index contributed by atoms with van der Waals surface area (Å²) in [4.78, 5) is 20.9. The molecule has 0 spiro atoms. The van der Waals surface area contributed by atoms with Crippen molar-refractivity contribution in [2.24, 2.45) is 0 Å². The predicted molar refractivity (Wildman–Crippen MR) is 134 cm³/mol. The highest BCUT2D eigenvalue weighted by Gasteiger charge is 2.23. The summed E-state index contributed by atoms with van der Waals surface area (Å²) in [6.07, 6.45) is 2.80. The Morgan fingerprint density at radius 3 is 2.55 bits per heavy atom. The Morgan fingerprint density at radius 2 is 1.85 bits per heavy atom. The van der Waals surface area contributed by atoms with E-state index in [1.54, 1.807) is 37.1 Å². The first kappa shape index (κ1) is 23.2. The molecule has 0 radical (unpaired) electrons. The zero-order valence-corrected chi connectivity index (χ0v) is 20.5. The van der Waals surface area contributed by atoms with Crippen LogP contribution in [0, 0.1) is 6.92 Å². The monoisotopic (exact) mass is 482 g/mol. The number of anilines is 1. The Balaban J connectivity index is 1.52. The van der Waals surface area contributed by atoms with E-state index in [2.05, 4.69) is 31.2 Å². The number of carbonyl (C=O) groups excluding carboxylic acids is 1. The number of nitrogens with zero attached hydrogens (tertiary/aromatic N) is 2. The van der Waals surface area contributed by atoms with Gasteiger partial charge in [0.05, 0.1) is 27.0 Å². The molecule has 172 valence electrons. The van der Waals surface area contributed by atoms with Crippen LogP contribution in [0.3, 0.4) is 0 Å². The van der Waals surface area contributed by atoms with Crippen LogP contribution in [-0.4, -0.2) is 30.9 Å². The van der Waals surface area contributed by atoms with Crippen molar-refractivity contribution in [3.8, 4) is 11.5 Å². The van der Waals surface area contributed by atoms with Crippen molar-refractivity contribution in [1.82, 2.24) is 4.98 Å². The lowest BCUT2D eigenvalue weighted by atomic mass is 10.2. The molecule has 2 aromatic carbocycles. The van der Waals surface area contributed by atoms with Crippen molar-refractivity contribution < 1.29 is 18.7 Å². The van der Waals surface area contributed by atoms with Gasteiger partial charge in [-0.3, -0.25) is 9.69 Å². The van der Waals surface area contributed by atoms with Gasteiger partial charge in [-0.2, -0.15) is 0 Å². The van der Waals surface area contributed by atoms with E-state index in [1.165, 1.54) is 21.8 Å². The predicted octanol–water partition coefficient (Wildman–Crippen LogP) is 6.32. The molecule has 0 aliphatic carbocycles. The van der Waals surface area contributed by atoms with Gasteiger partial charge in [0.15, 0.2) is 5.13 Å². The van der Waals surface area contributed by atoms with Crippen molar-refractivity contribution in [3.05, 3.63) is 66.1 Å². The van der Waals surface area contributed by atoms with Gasteiger partial charge >= 0.3 is 0 Å². The van der Waals surface area contributed by atoms with E-state index in [1.807, 2.05) is 24.3 Å². The van der Waals surface area contributed by atoms with Gasteiger partial charge in [0.1, 0.15) is 27.5 Å². The highest BCUT2D eigenvalue weighted by molar-refractivity contribution is 7.99. The van der Waals surface area contributed by atoms with Crippen LogP contribution in [0.1, 0.15) is 24.2 Å². The van der Waals surface area contributed by atoms with Crippen molar-refractivity contribution in [3.63, 3.8) is 0 Å². The zero-order valence-electron chi connectivity index (χ0n) is 18.9. The molecule has 0 fully saturated rings. The highest BCUT2D eigenvalue weighted by atomic mass is 32.2. The minimum atomic E-state index is 0.00731. The number of carbonyl (C=O) groups is 1. The second-order valence-corrected chi connectivity index (χ2v) is 9.61. The van der Waals surface area contributed by atoms with Crippen LogP contribution in [0.15, 0.2) is 64.1 Å². The van der Waals surface area contributed by atoms with Crippen LogP contribution in [0.25, 0.3) is 10.2 Å². The van der Waals surface area contributed by atoms with E-state index in [4.69, 9.17) is 18.9 Å². The molecule has 6 nitrogen and oxygen atoms in total. The van der Waals surface area contributed by atoms with E-state index >= 15 is 0 Å². The third-order valence-electron chi connectivity index (χ3n) is 5.15. The van der Waals surface area contributed by atoms with E-state index < -0.39 is 0 Å². The standard InChI is InChI=1S/C25H26N2O4S2/c1-17-8-10-19(11-9-17)32-15-5-7-22(28)27(16-18-6-4-14-31-18)25-26-23-20(29-2)12-13-21(30-3)24(23)33-25/h4,6,8-14H,5,7,15-16H2,1-3H3. The molecular formula is C25H26N2O4S2. The lowest BCUT2D eigenvalue weighted by Gasteiger charge is -2.18. The van der Waals surface area contributed by atoms with Crippen LogP contribution in [0.4, 0.5) is 5.13 Å². The zero-order chi connectivity index (χ0) is 23.2. The quantitative estimate of drug-likeness (QED) is 0.195. The molecule has 0 saturated heterocycles. The van der Waals surface area contributed by atoms with Gasteiger partial charge in [0.2, 0.25) is 5.91 Å². The maximum atomic E-state index is 13.3. The molecule has 0 atom stereocenters. The van der Waals surface area contributed by atoms with E-state index in [9.17, 15) is 4.79 Å². The van der Waals surface area contributed by atoms with Gasteiger partial charge in [-0.15, -0.1) is 11.8 Å². The molecule has 2 heterocycles. The maximum absolute atomic E-state index is 13.3. The number of thioether (sulfide) groups is 1. The third-order valence-corrected chi connectivity index (χ3v) is 7.34. The summed E-state index contributed by atoms with van der Waals surface area (Å²) in [7, 11) is 3.23. The fourth-order valence-electron chi connectivity index (χ4n) is 3.39. The normalized spacial score (nSPS) is 11.0. The topological polar surface area (TPSA) is 64.8 Å². The number of amides is 1. The van der Waals surface area contributed by atoms with Gasteiger partial charge in [0.25, 0.3) is 0 Å². The summed E-state index contributed by atoms with van der Waals surface area (Å²) in [5.74, 6) is 2.93. The number of ether oxygens (including phenoxy) is 2. The Bertz CT molecular complexity index is 1160. The second-order valence-electron chi connectivity index (χ2n) is 7.47. The average molecular weight is 483 g/mol. The Labute approximate surface area is 201 Å². The minimum absolute atomic E-state index is 0.00731. The van der Waals surface area contributed by atoms with E-state index in [0.717, 1.165) is 16.9 Å². The van der Waals surface area contributed by atoms with Crippen LogP contribution in [-0.2, 0) is 11.3 Å². The summed E-state index contributed by atoms with van der Waals surface area (Å²) in [6, 6.07) is 15.8. The maximum Gasteiger partial charge on any atom is 0.229 e. The number of thiazole rings is 1. The molecule has 4 rings (SSSR count). The van der Waals surface area contributed by atoms with Gasteiger partial charge < -0.3 is 13.9 Å². The molecule has 0 saturated carbocycles. The van der Waals surface area contributed by atoms with Crippen molar-refractivity contribution in [2.75, 3.05) is 24.9 Å². The smallest absolute Gasteiger partial charge is 0.229 e. The number of aryl methyl sites for hydroxylation is 1. The Kier molecular flexibility index (Phi) is 7.57. The lowest BCUT2D eigenvalue weighted by molar-refractivity contribution is -0.118. The molecule has 4 aromatic rings. The van der Waals surface area contributed by atoms with E-state index in [0.29, 0.717) is 40.9 Å². The molecule has 0 unspecified atom stereocenters. The van der Waals surface area contributed by atoms with Gasteiger partial charge in [-0.25, -0.2) is 4.98 Å². The molecule has 8 heteroatoms. The summed E-state index contributed by atoms with van der Waals surface area (Å²) in [5, 5.41) is 0.598. The lowest BCUT2D eigenvalue weighted by Crippen LogP contribution is -2.30. The molecule has 0 bridgehead atoms. The second kappa shape index (κ2) is 10.8. The fraction of sp³-hybridized carbons (Fsp3) is 0.280. The minimum Gasteiger partial charge on any atom is -0.495 e. The Hall–Kier alpha value is -2.97. The molecule has 2 aromatic heterocycles. The first-order chi connectivity index (χ1) is 16.1. The summed E-state index contributed by atoms with van der Waals surface area (Å²) in [5.41, 5.74) is 1.93. The number of furan rings is 1. The van der Waals surface area contributed by atoms with Gasteiger partial charge in [0, 0.05) is 11.3 Å². The van der Waals surface area contributed by atoms with Crippen LogP contribution < -0.4 is 14.4 Å². The molecule has 0 N–H and O–H groups in total. The van der Waals surface area contributed by atoms with Crippen molar-refractivity contribution in [1.29, 1.82) is 0 Å².